The highest BCUT2D eigenvalue weighted by molar-refractivity contribution is 6.74. The summed E-state index contributed by atoms with van der Waals surface area (Å²) >= 11 is 0. The van der Waals surface area contributed by atoms with Crippen LogP contribution in [0.3, 0.4) is 0 Å². The molecule has 0 radical (unpaired) electrons. The minimum Gasteiger partial charge on any atom is -0.487 e. The topological polar surface area (TPSA) is 93.2 Å². The molecule has 2 aromatic rings. The summed E-state index contributed by atoms with van der Waals surface area (Å²) in [5.74, 6) is 0.627. The van der Waals surface area contributed by atoms with E-state index in [2.05, 4.69) is 43.9 Å². The van der Waals surface area contributed by atoms with Gasteiger partial charge in [0.05, 0.1) is 18.3 Å². The SMILES string of the molecule is CC(C)(C)[Si](C)(C)O[C@@H](CN=[N+]=[N-])c1ccc(OCc2ccccc2)c(N)c1. The summed E-state index contributed by atoms with van der Waals surface area (Å²) in [7, 11) is -2.05. The molecule has 0 aliphatic heterocycles. The second-order valence-corrected chi connectivity index (χ2v) is 13.1. The molecular formula is C21H30N4O2Si. The summed E-state index contributed by atoms with van der Waals surface area (Å²) in [6.07, 6.45) is -0.331. The van der Waals surface area contributed by atoms with Gasteiger partial charge in [0.2, 0.25) is 0 Å². The molecule has 2 aromatic carbocycles. The molecule has 0 saturated heterocycles. The van der Waals surface area contributed by atoms with E-state index in [1.165, 1.54) is 0 Å². The molecular weight excluding hydrogens is 368 g/mol. The fourth-order valence-electron chi connectivity index (χ4n) is 2.49. The quantitative estimate of drug-likeness (QED) is 0.188. The number of rotatable bonds is 8. The third kappa shape index (κ3) is 5.76. The zero-order valence-electron chi connectivity index (χ0n) is 17.3. The molecule has 1 atom stereocenters. The molecule has 6 nitrogen and oxygen atoms in total. The number of benzene rings is 2. The van der Waals surface area contributed by atoms with Crippen molar-refractivity contribution in [1.82, 2.24) is 0 Å². The van der Waals surface area contributed by atoms with Crippen LogP contribution in [0.1, 0.15) is 38.0 Å². The highest BCUT2D eigenvalue weighted by Crippen LogP contribution is 2.40. The van der Waals surface area contributed by atoms with Crippen LogP contribution in [0, 0.1) is 0 Å². The third-order valence-corrected chi connectivity index (χ3v) is 9.68. The van der Waals surface area contributed by atoms with E-state index in [-0.39, 0.29) is 17.7 Å². The lowest BCUT2D eigenvalue weighted by Gasteiger charge is -2.39. The van der Waals surface area contributed by atoms with E-state index in [4.69, 9.17) is 20.4 Å². The normalized spacial score (nSPS) is 12.9. The molecule has 0 amide bonds. The van der Waals surface area contributed by atoms with Gasteiger partial charge in [-0.2, -0.15) is 0 Å². The predicted molar refractivity (Wildman–Crippen MR) is 117 cm³/mol. The van der Waals surface area contributed by atoms with Crippen LogP contribution < -0.4 is 10.5 Å². The Morgan fingerprint density at radius 2 is 1.82 bits per heavy atom. The van der Waals surface area contributed by atoms with Crippen molar-refractivity contribution in [2.24, 2.45) is 5.11 Å². The number of nitrogens with zero attached hydrogens (tertiary/aromatic N) is 3. The number of ether oxygens (including phenoxy) is 1. The van der Waals surface area contributed by atoms with Crippen molar-refractivity contribution in [3.8, 4) is 5.75 Å². The number of anilines is 1. The van der Waals surface area contributed by atoms with Crippen molar-refractivity contribution in [1.29, 1.82) is 0 Å². The van der Waals surface area contributed by atoms with Gasteiger partial charge in [-0.1, -0.05) is 62.3 Å². The molecule has 0 aromatic heterocycles. The highest BCUT2D eigenvalue weighted by Gasteiger charge is 2.39. The summed E-state index contributed by atoms with van der Waals surface area (Å²) in [4.78, 5) is 2.90. The van der Waals surface area contributed by atoms with Gasteiger partial charge in [-0.05, 0) is 46.9 Å². The van der Waals surface area contributed by atoms with Crippen LogP contribution in [-0.4, -0.2) is 14.9 Å². The van der Waals surface area contributed by atoms with E-state index in [9.17, 15) is 0 Å². The molecule has 0 bridgehead atoms. The maximum atomic E-state index is 8.77. The standard InChI is InChI=1S/C21H30N4O2Si/c1-21(2,3)28(4,5)27-20(14-24-25-23)17-11-12-19(18(22)13-17)26-15-16-9-7-6-8-10-16/h6-13,20H,14-15,22H2,1-5H3/t20-/m0/s1. The van der Waals surface area contributed by atoms with Gasteiger partial charge in [-0.25, -0.2) is 0 Å². The summed E-state index contributed by atoms with van der Waals surface area (Å²) < 4.78 is 12.3. The van der Waals surface area contributed by atoms with E-state index in [0.29, 0.717) is 18.0 Å². The smallest absolute Gasteiger partial charge is 0.192 e. The van der Waals surface area contributed by atoms with Crippen LogP contribution in [-0.2, 0) is 11.0 Å². The Kier molecular flexibility index (Phi) is 7.13. The predicted octanol–water partition coefficient (Wildman–Crippen LogP) is 6.22. The number of hydrogen-bond donors (Lipinski definition) is 1. The molecule has 0 unspecified atom stereocenters. The largest absolute Gasteiger partial charge is 0.487 e. The van der Waals surface area contributed by atoms with Crippen LogP contribution in [0.25, 0.3) is 10.4 Å². The number of hydrogen-bond acceptors (Lipinski definition) is 4. The van der Waals surface area contributed by atoms with Crippen LogP contribution in [0.5, 0.6) is 5.75 Å². The lowest BCUT2D eigenvalue weighted by Crippen LogP contribution is -2.42. The van der Waals surface area contributed by atoms with E-state index in [0.717, 1.165) is 11.1 Å². The molecule has 7 heteroatoms. The Balaban J connectivity index is 2.19. The summed E-state index contributed by atoms with van der Waals surface area (Å²) in [6, 6.07) is 15.6. The second kappa shape index (κ2) is 9.15. The van der Waals surface area contributed by atoms with Crippen molar-refractivity contribution in [3.63, 3.8) is 0 Å². The van der Waals surface area contributed by atoms with Gasteiger partial charge in [0, 0.05) is 4.91 Å². The third-order valence-electron chi connectivity index (χ3n) is 5.20. The molecule has 0 spiro atoms. The summed E-state index contributed by atoms with van der Waals surface area (Å²) in [5, 5.41) is 3.80. The van der Waals surface area contributed by atoms with Gasteiger partial charge < -0.3 is 14.9 Å². The lowest BCUT2D eigenvalue weighted by molar-refractivity contribution is 0.191. The van der Waals surface area contributed by atoms with Crippen molar-refractivity contribution in [2.45, 2.75) is 51.6 Å². The van der Waals surface area contributed by atoms with Gasteiger partial charge >= 0.3 is 0 Å². The first kappa shape index (κ1) is 21.8. The average Bonchev–Trinajstić information content (AvgIpc) is 2.64. The number of nitrogen functional groups attached to an aromatic ring is 1. The maximum Gasteiger partial charge on any atom is 0.192 e. The van der Waals surface area contributed by atoms with Crippen molar-refractivity contribution >= 4 is 14.0 Å². The Bertz CT molecular complexity index is 828. The van der Waals surface area contributed by atoms with Crippen LogP contribution in [0.15, 0.2) is 53.6 Å². The lowest BCUT2D eigenvalue weighted by atomic mass is 10.1. The van der Waals surface area contributed by atoms with Crippen molar-refractivity contribution in [3.05, 3.63) is 70.1 Å². The molecule has 0 aliphatic rings. The van der Waals surface area contributed by atoms with Gasteiger partial charge in [-0.15, -0.1) is 0 Å². The second-order valence-electron chi connectivity index (χ2n) is 8.35. The minimum atomic E-state index is -2.05. The average molecular weight is 399 g/mol. The zero-order valence-corrected chi connectivity index (χ0v) is 18.3. The highest BCUT2D eigenvalue weighted by atomic mass is 28.4. The summed E-state index contributed by atoms with van der Waals surface area (Å²) in [5.41, 5.74) is 17.5. The van der Waals surface area contributed by atoms with Gasteiger partial charge in [0.15, 0.2) is 8.32 Å². The molecule has 0 saturated carbocycles. The van der Waals surface area contributed by atoms with Crippen molar-refractivity contribution in [2.75, 3.05) is 12.3 Å². The molecule has 28 heavy (non-hydrogen) atoms. The van der Waals surface area contributed by atoms with Crippen LogP contribution in [0.2, 0.25) is 18.1 Å². The number of nitrogens with two attached hydrogens (primary N) is 1. The Hall–Kier alpha value is -2.47. The maximum absolute atomic E-state index is 8.77. The summed E-state index contributed by atoms with van der Waals surface area (Å²) in [6.45, 7) is 11.6. The van der Waals surface area contributed by atoms with Crippen LogP contribution >= 0.6 is 0 Å². The first-order chi connectivity index (χ1) is 13.1. The van der Waals surface area contributed by atoms with E-state index < -0.39 is 8.32 Å². The van der Waals surface area contributed by atoms with Gasteiger partial charge in [-0.3, -0.25) is 0 Å². The first-order valence-corrected chi connectivity index (χ1v) is 12.3. The Morgan fingerprint density at radius 3 is 2.39 bits per heavy atom. The zero-order chi connectivity index (χ0) is 20.8. The Labute approximate surface area is 168 Å². The van der Waals surface area contributed by atoms with Crippen molar-refractivity contribution < 1.29 is 9.16 Å². The van der Waals surface area contributed by atoms with Crippen LogP contribution in [0.4, 0.5) is 5.69 Å². The van der Waals surface area contributed by atoms with E-state index in [1.54, 1.807) is 0 Å². The van der Waals surface area contributed by atoms with E-state index >= 15 is 0 Å². The first-order valence-electron chi connectivity index (χ1n) is 9.39. The molecule has 150 valence electrons. The monoisotopic (exact) mass is 398 g/mol. The molecule has 2 N–H and O–H groups in total. The van der Waals surface area contributed by atoms with E-state index in [1.807, 2.05) is 48.5 Å². The minimum absolute atomic E-state index is 0.0475. The fraction of sp³-hybridized carbons (Fsp3) is 0.429. The Morgan fingerprint density at radius 1 is 1.14 bits per heavy atom. The molecule has 0 aliphatic carbocycles. The fourth-order valence-corrected chi connectivity index (χ4v) is 3.76. The number of azide groups is 1. The molecule has 0 heterocycles. The van der Waals surface area contributed by atoms with Gasteiger partial charge in [0.1, 0.15) is 12.4 Å². The molecule has 0 fully saturated rings. The molecule has 2 rings (SSSR count). The van der Waals surface area contributed by atoms with Gasteiger partial charge in [0.25, 0.3) is 0 Å².